The lowest BCUT2D eigenvalue weighted by molar-refractivity contribution is -0.686. The van der Waals surface area contributed by atoms with E-state index >= 15 is 0 Å². The zero-order chi connectivity index (χ0) is 18.3. The van der Waals surface area contributed by atoms with Crippen LogP contribution in [-0.2, 0) is 16.1 Å². The summed E-state index contributed by atoms with van der Waals surface area (Å²) < 4.78 is 6.85. The Kier molecular flexibility index (Phi) is 14.6. The number of nitrogens with zero attached hydrogens (tertiary/aromatic N) is 1. The van der Waals surface area contributed by atoms with Crippen LogP contribution in [0.2, 0.25) is 0 Å². The van der Waals surface area contributed by atoms with Gasteiger partial charge in [-0.05, 0) is 12.5 Å². The molecule has 2 N–H and O–H groups in total. The van der Waals surface area contributed by atoms with E-state index in [1.165, 1.54) is 51.4 Å². The molecule has 0 aromatic carbocycles. The summed E-state index contributed by atoms with van der Waals surface area (Å²) in [6, 6.07) is 3.31. The number of primary amides is 1. The van der Waals surface area contributed by atoms with Crippen LogP contribution >= 0.6 is 0 Å². The summed E-state index contributed by atoms with van der Waals surface area (Å²) in [4.78, 5) is 22.9. The maximum Gasteiger partial charge on any atom is 0.372 e. The molecule has 0 atom stereocenters. The molecule has 5 nitrogen and oxygen atoms in total. The first-order chi connectivity index (χ1) is 12.1. The Balaban J connectivity index is 0.00000625. The summed E-state index contributed by atoms with van der Waals surface area (Å²) in [5, 5.41) is 0. The molecule has 1 aromatic rings. The highest BCUT2D eigenvalue weighted by molar-refractivity contribution is 5.92. The van der Waals surface area contributed by atoms with Gasteiger partial charge in [0, 0.05) is 6.07 Å². The molecular formula is C20H33ClN2O3. The van der Waals surface area contributed by atoms with Crippen molar-refractivity contribution in [3.63, 3.8) is 0 Å². The Hall–Kier alpha value is -1.62. The second kappa shape index (κ2) is 15.6. The first-order valence-electron chi connectivity index (χ1n) is 9.58. The monoisotopic (exact) mass is 384 g/mol. The fraction of sp³-hybridized carbons (Fsp3) is 0.650. The zero-order valence-corrected chi connectivity index (χ0v) is 16.7. The molecule has 1 aromatic heterocycles. The van der Waals surface area contributed by atoms with E-state index in [4.69, 9.17) is 10.5 Å². The molecule has 0 aliphatic carbocycles. The van der Waals surface area contributed by atoms with E-state index in [-0.39, 0.29) is 24.9 Å². The normalized spacial score (nSPS) is 10.2. The smallest absolute Gasteiger partial charge is 0.372 e. The van der Waals surface area contributed by atoms with Gasteiger partial charge in [0.25, 0.3) is 5.91 Å². The topological polar surface area (TPSA) is 73.3 Å². The molecule has 0 fully saturated rings. The lowest BCUT2D eigenvalue weighted by atomic mass is 10.1. The summed E-state index contributed by atoms with van der Waals surface area (Å²) in [6.45, 7) is 2.80. The molecule has 0 radical (unpaired) electrons. The van der Waals surface area contributed by atoms with Crippen molar-refractivity contribution in [2.75, 3.05) is 6.61 Å². The number of amides is 1. The van der Waals surface area contributed by atoms with Crippen molar-refractivity contribution in [1.82, 2.24) is 0 Å². The minimum absolute atomic E-state index is 0. The van der Waals surface area contributed by atoms with Gasteiger partial charge in [-0.15, -0.1) is 0 Å². The van der Waals surface area contributed by atoms with Crippen molar-refractivity contribution in [1.29, 1.82) is 0 Å². The number of hydrogen-bond acceptors (Lipinski definition) is 3. The minimum Gasteiger partial charge on any atom is -1.00 e. The van der Waals surface area contributed by atoms with E-state index < -0.39 is 5.91 Å². The van der Waals surface area contributed by atoms with Crippen LogP contribution in [0, 0.1) is 0 Å². The van der Waals surface area contributed by atoms with Crippen molar-refractivity contribution < 1.29 is 31.3 Å². The average Bonchev–Trinajstić information content (AvgIpc) is 2.60. The highest BCUT2D eigenvalue weighted by atomic mass is 35.5. The number of nitrogens with two attached hydrogens (primary N) is 1. The van der Waals surface area contributed by atoms with Crippen molar-refractivity contribution in [2.45, 2.75) is 77.7 Å². The Bertz CT molecular complexity index is 524. The summed E-state index contributed by atoms with van der Waals surface area (Å²) in [7, 11) is 0. The van der Waals surface area contributed by atoms with Gasteiger partial charge in [-0.2, -0.15) is 4.57 Å². The molecule has 0 saturated heterocycles. The van der Waals surface area contributed by atoms with Gasteiger partial charge in [0.2, 0.25) is 6.54 Å². The summed E-state index contributed by atoms with van der Waals surface area (Å²) >= 11 is 0. The Labute approximate surface area is 163 Å². The van der Waals surface area contributed by atoms with Crippen molar-refractivity contribution >= 4 is 11.9 Å². The first kappa shape index (κ1) is 24.4. The van der Waals surface area contributed by atoms with Gasteiger partial charge in [-0.3, -0.25) is 4.79 Å². The highest BCUT2D eigenvalue weighted by Gasteiger charge is 2.12. The molecule has 1 heterocycles. The van der Waals surface area contributed by atoms with Crippen LogP contribution in [0.5, 0.6) is 0 Å². The van der Waals surface area contributed by atoms with E-state index in [1.54, 1.807) is 29.1 Å². The van der Waals surface area contributed by atoms with E-state index in [9.17, 15) is 9.59 Å². The summed E-state index contributed by atoms with van der Waals surface area (Å²) in [6.07, 6.45) is 15.8. The number of carbonyl (C=O) groups excluding carboxylic acids is 2. The lowest BCUT2D eigenvalue weighted by Crippen LogP contribution is -3.00. The molecule has 0 unspecified atom stereocenters. The molecule has 148 valence electrons. The number of pyridine rings is 1. The predicted molar refractivity (Wildman–Crippen MR) is 98.0 cm³/mol. The predicted octanol–water partition coefficient (Wildman–Crippen LogP) is 0.541. The fourth-order valence-corrected chi connectivity index (χ4v) is 2.74. The van der Waals surface area contributed by atoms with E-state index in [0.29, 0.717) is 12.2 Å². The molecule has 0 saturated carbocycles. The zero-order valence-electron chi connectivity index (χ0n) is 15.9. The summed E-state index contributed by atoms with van der Waals surface area (Å²) in [5.74, 6) is -0.796. The maximum atomic E-state index is 11.8. The van der Waals surface area contributed by atoms with Gasteiger partial charge in [0.15, 0.2) is 12.4 Å². The number of unbranched alkanes of at least 4 members (excludes halogenated alkanes) is 9. The molecule has 0 aliphatic rings. The van der Waals surface area contributed by atoms with Crippen LogP contribution in [0.3, 0.4) is 0 Å². The second-order valence-corrected chi connectivity index (χ2v) is 6.53. The quantitative estimate of drug-likeness (QED) is 0.289. The minimum atomic E-state index is -0.506. The maximum absolute atomic E-state index is 11.8. The van der Waals surface area contributed by atoms with Gasteiger partial charge >= 0.3 is 5.97 Å². The molecule has 26 heavy (non-hydrogen) atoms. The highest BCUT2D eigenvalue weighted by Crippen LogP contribution is 2.10. The van der Waals surface area contributed by atoms with Gasteiger partial charge < -0.3 is 22.9 Å². The van der Waals surface area contributed by atoms with Crippen molar-refractivity contribution in [3.05, 3.63) is 30.1 Å². The third-order valence-electron chi connectivity index (χ3n) is 4.22. The van der Waals surface area contributed by atoms with Gasteiger partial charge in [-0.25, -0.2) is 4.79 Å². The van der Waals surface area contributed by atoms with Crippen LogP contribution in [0.15, 0.2) is 24.5 Å². The molecule has 0 bridgehead atoms. The SMILES string of the molecule is CCCCCCCCCCCCOC(=O)C[n+]1cccc(C(N)=O)c1.[Cl-]. The lowest BCUT2D eigenvalue weighted by Gasteiger charge is -2.04. The van der Waals surface area contributed by atoms with E-state index in [1.807, 2.05) is 0 Å². The average molecular weight is 385 g/mol. The molecule has 0 spiro atoms. The van der Waals surface area contributed by atoms with Crippen LogP contribution in [0.25, 0.3) is 0 Å². The third kappa shape index (κ3) is 11.9. The standard InChI is InChI=1S/C20H32N2O3.ClH/c1-2-3-4-5-6-7-8-9-10-11-15-25-19(23)17-22-14-12-13-18(16-22)20(21)24;/h12-14,16H,2-11,15,17H2,1H3,(H-,21,24);1H. The Morgan fingerprint density at radius 3 is 2.15 bits per heavy atom. The molecule has 1 amide bonds. The second-order valence-electron chi connectivity index (χ2n) is 6.53. The van der Waals surface area contributed by atoms with Gasteiger partial charge in [0.1, 0.15) is 5.56 Å². The van der Waals surface area contributed by atoms with Gasteiger partial charge in [-0.1, -0.05) is 64.7 Å². The number of rotatable bonds is 14. The van der Waals surface area contributed by atoms with Crippen molar-refractivity contribution in [3.8, 4) is 0 Å². The van der Waals surface area contributed by atoms with Crippen LogP contribution in [0.1, 0.15) is 81.5 Å². The number of aromatic nitrogens is 1. The molecule has 0 aliphatic heterocycles. The van der Waals surface area contributed by atoms with Crippen LogP contribution in [0.4, 0.5) is 0 Å². The van der Waals surface area contributed by atoms with E-state index in [2.05, 4.69) is 6.92 Å². The van der Waals surface area contributed by atoms with Crippen LogP contribution < -0.4 is 22.7 Å². The molecule has 1 rings (SSSR count). The Morgan fingerprint density at radius 1 is 1.00 bits per heavy atom. The number of carbonyl (C=O) groups is 2. The number of halogens is 1. The number of ether oxygens (including phenoxy) is 1. The largest absolute Gasteiger partial charge is 1.00 e. The number of esters is 1. The Morgan fingerprint density at radius 2 is 1.58 bits per heavy atom. The fourth-order valence-electron chi connectivity index (χ4n) is 2.74. The molecular weight excluding hydrogens is 352 g/mol. The van der Waals surface area contributed by atoms with Gasteiger partial charge in [0.05, 0.1) is 6.61 Å². The first-order valence-corrected chi connectivity index (χ1v) is 9.58. The van der Waals surface area contributed by atoms with E-state index in [0.717, 1.165) is 12.8 Å². The molecule has 6 heteroatoms. The third-order valence-corrected chi connectivity index (χ3v) is 4.22. The van der Waals surface area contributed by atoms with Crippen LogP contribution in [-0.4, -0.2) is 18.5 Å². The summed E-state index contributed by atoms with van der Waals surface area (Å²) in [5.41, 5.74) is 5.60. The number of hydrogen-bond donors (Lipinski definition) is 1. The van der Waals surface area contributed by atoms with Crippen molar-refractivity contribution in [2.24, 2.45) is 5.73 Å².